The third kappa shape index (κ3) is 4.66. The topological polar surface area (TPSA) is 29.5 Å². The molecule has 1 aromatic carbocycles. The highest BCUT2D eigenvalue weighted by Crippen LogP contribution is 2.17. The predicted octanol–water partition coefficient (Wildman–Crippen LogP) is 3.30. The van der Waals surface area contributed by atoms with Crippen molar-refractivity contribution in [2.45, 2.75) is 39.4 Å². The molecule has 0 aliphatic rings. The maximum atomic E-state index is 10.2. The van der Waals surface area contributed by atoms with Gasteiger partial charge in [-0.2, -0.15) is 0 Å². The van der Waals surface area contributed by atoms with Crippen molar-refractivity contribution in [3.05, 3.63) is 34.9 Å². The zero-order chi connectivity index (χ0) is 12.8. The highest BCUT2D eigenvalue weighted by Gasteiger charge is 2.23. The van der Waals surface area contributed by atoms with Gasteiger partial charge in [0, 0.05) is 18.1 Å². The van der Waals surface area contributed by atoms with Gasteiger partial charge in [-0.15, -0.1) is 0 Å². The molecule has 2 nitrogen and oxygen atoms in total. The molecule has 2 unspecified atom stereocenters. The molecule has 2 atom stereocenters. The van der Waals surface area contributed by atoms with Crippen LogP contribution in [0, 0.1) is 5.92 Å². The van der Waals surface area contributed by atoms with E-state index in [1.807, 2.05) is 31.2 Å². The van der Waals surface area contributed by atoms with Gasteiger partial charge in [-0.1, -0.05) is 37.6 Å². The number of aliphatic hydroxyl groups excluding tert-OH is 1. The van der Waals surface area contributed by atoms with Gasteiger partial charge in [0.25, 0.3) is 0 Å². The molecule has 0 bridgehead atoms. The molecule has 0 aliphatic carbocycles. The SMILES string of the molecule is CCOC(C(C)C)C(O)Cc1ccc(Cl)cc1. The summed E-state index contributed by atoms with van der Waals surface area (Å²) < 4.78 is 5.59. The molecule has 0 saturated heterocycles. The highest BCUT2D eigenvalue weighted by molar-refractivity contribution is 6.30. The number of aliphatic hydroxyl groups is 1. The molecular formula is C14H21ClO2. The zero-order valence-corrected chi connectivity index (χ0v) is 11.4. The van der Waals surface area contributed by atoms with Gasteiger partial charge in [0.05, 0.1) is 12.2 Å². The van der Waals surface area contributed by atoms with Crippen LogP contribution in [0.5, 0.6) is 0 Å². The van der Waals surface area contributed by atoms with Crippen molar-refractivity contribution in [3.63, 3.8) is 0 Å². The molecule has 0 fully saturated rings. The summed E-state index contributed by atoms with van der Waals surface area (Å²) in [6, 6.07) is 7.56. The zero-order valence-electron chi connectivity index (χ0n) is 10.7. The van der Waals surface area contributed by atoms with Gasteiger partial charge in [-0.25, -0.2) is 0 Å². The lowest BCUT2D eigenvalue weighted by Gasteiger charge is -2.26. The summed E-state index contributed by atoms with van der Waals surface area (Å²) in [5.41, 5.74) is 1.08. The highest BCUT2D eigenvalue weighted by atomic mass is 35.5. The summed E-state index contributed by atoms with van der Waals surface area (Å²) in [4.78, 5) is 0. The molecule has 0 amide bonds. The Hall–Kier alpha value is -0.570. The number of hydrogen-bond acceptors (Lipinski definition) is 2. The molecule has 17 heavy (non-hydrogen) atoms. The Morgan fingerprint density at radius 3 is 2.29 bits per heavy atom. The standard InChI is InChI=1S/C14H21ClO2/c1-4-17-14(10(2)3)13(16)9-11-5-7-12(15)8-6-11/h5-8,10,13-14,16H,4,9H2,1-3H3. The van der Waals surface area contributed by atoms with E-state index in [0.717, 1.165) is 5.56 Å². The summed E-state index contributed by atoms with van der Waals surface area (Å²) in [7, 11) is 0. The Morgan fingerprint density at radius 1 is 1.24 bits per heavy atom. The third-order valence-electron chi connectivity index (χ3n) is 2.75. The molecule has 0 radical (unpaired) electrons. The lowest BCUT2D eigenvalue weighted by Crippen LogP contribution is -2.35. The van der Waals surface area contributed by atoms with Crippen molar-refractivity contribution in [2.75, 3.05) is 6.61 Å². The third-order valence-corrected chi connectivity index (χ3v) is 3.01. The van der Waals surface area contributed by atoms with Crippen LogP contribution in [0.3, 0.4) is 0 Å². The van der Waals surface area contributed by atoms with Gasteiger partial charge in [0.15, 0.2) is 0 Å². The molecule has 1 aromatic rings. The van der Waals surface area contributed by atoms with E-state index in [1.165, 1.54) is 0 Å². The van der Waals surface area contributed by atoms with Crippen molar-refractivity contribution < 1.29 is 9.84 Å². The second-order valence-corrected chi connectivity index (χ2v) is 5.00. The van der Waals surface area contributed by atoms with Crippen molar-refractivity contribution in [1.29, 1.82) is 0 Å². The minimum absolute atomic E-state index is 0.115. The molecule has 3 heteroatoms. The Morgan fingerprint density at radius 2 is 1.82 bits per heavy atom. The lowest BCUT2D eigenvalue weighted by molar-refractivity contribution is -0.0562. The number of halogens is 1. The van der Waals surface area contributed by atoms with Gasteiger partial charge in [-0.05, 0) is 30.5 Å². The maximum absolute atomic E-state index is 10.2. The van der Waals surface area contributed by atoms with E-state index < -0.39 is 6.10 Å². The Kier molecular flexibility index (Phi) is 5.96. The van der Waals surface area contributed by atoms with Gasteiger partial charge in [-0.3, -0.25) is 0 Å². The summed E-state index contributed by atoms with van der Waals surface area (Å²) in [5.74, 6) is 0.303. The Bertz CT molecular complexity index is 321. The number of rotatable bonds is 6. The first-order chi connectivity index (χ1) is 8.04. The van der Waals surface area contributed by atoms with E-state index in [9.17, 15) is 5.11 Å². The van der Waals surface area contributed by atoms with Gasteiger partial charge >= 0.3 is 0 Å². The Labute approximate surface area is 109 Å². The van der Waals surface area contributed by atoms with E-state index in [0.29, 0.717) is 24.0 Å². The van der Waals surface area contributed by atoms with E-state index in [4.69, 9.17) is 16.3 Å². The normalized spacial score (nSPS) is 14.9. The first-order valence-electron chi connectivity index (χ1n) is 6.08. The van der Waals surface area contributed by atoms with Crippen LogP contribution in [0.15, 0.2) is 24.3 Å². The van der Waals surface area contributed by atoms with Crippen LogP contribution in [-0.2, 0) is 11.2 Å². The van der Waals surface area contributed by atoms with Gasteiger partial charge < -0.3 is 9.84 Å². The van der Waals surface area contributed by atoms with E-state index in [1.54, 1.807) is 0 Å². The van der Waals surface area contributed by atoms with Crippen LogP contribution in [0.4, 0.5) is 0 Å². The quantitative estimate of drug-likeness (QED) is 0.846. The largest absolute Gasteiger partial charge is 0.390 e. The van der Waals surface area contributed by atoms with Crippen molar-refractivity contribution in [3.8, 4) is 0 Å². The molecule has 0 saturated carbocycles. The summed E-state index contributed by atoms with van der Waals surface area (Å²) >= 11 is 5.82. The molecular weight excluding hydrogens is 236 g/mol. The van der Waals surface area contributed by atoms with Crippen LogP contribution in [-0.4, -0.2) is 23.9 Å². The molecule has 1 rings (SSSR count). The molecule has 96 valence electrons. The fourth-order valence-electron chi connectivity index (χ4n) is 1.92. The lowest BCUT2D eigenvalue weighted by atomic mass is 9.96. The second-order valence-electron chi connectivity index (χ2n) is 4.56. The molecule has 1 N–H and O–H groups in total. The van der Waals surface area contributed by atoms with E-state index in [2.05, 4.69) is 13.8 Å². The predicted molar refractivity (Wildman–Crippen MR) is 71.4 cm³/mol. The molecule has 0 heterocycles. The fourth-order valence-corrected chi connectivity index (χ4v) is 2.04. The van der Waals surface area contributed by atoms with Gasteiger partial charge in [0.1, 0.15) is 0 Å². The van der Waals surface area contributed by atoms with Crippen LogP contribution in [0.25, 0.3) is 0 Å². The first-order valence-corrected chi connectivity index (χ1v) is 6.46. The van der Waals surface area contributed by atoms with Crippen molar-refractivity contribution in [1.82, 2.24) is 0 Å². The summed E-state index contributed by atoms with van der Waals surface area (Å²) in [6.45, 7) is 6.70. The van der Waals surface area contributed by atoms with Crippen LogP contribution in [0.1, 0.15) is 26.3 Å². The van der Waals surface area contributed by atoms with Crippen LogP contribution >= 0.6 is 11.6 Å². The number of ether oxygens (including phenoxy) is 1. The van der Waals surface area contributed by atoms with E-state index in [-0.39, 0.29) is 6.10 Å². The van der Waals surface area contributed by atoms with E-state index >= 15 is 0 Å². The minimum atomic E-state index is -0.476. The first kappa shape index (κ1) is 14.5. The summed E-state index contributed by atoms with van der Waals surface area (Å²) in [5, 5.41) is 10.9. The molecule has 0 spiro atoms. The monoisotopic (exact) mass is 256 g/mol. The molecule has 0 aliphatic heterocycles. The second kappa shape index (κ2) is 7.00. The minimum Gasteiger partial charge on any atom is -0.390 e. The van der Waals surface area contributed by atoms with Crippen LogP contribution < -0.4 is 0 Å². The van der Waals surface area contributed by atoms with Crippen molar-refractivity contribution in [2.24, 2.45) is 5.92 Å². The number of benzene rings is 1. The Balaban J connectivity index is 2.62. The average Bonchev–Trinajstić information content (AvgIpc) is 2.28. The summed E-state index contributed by atoms with van der Waals surface area (Å²) in [6.07, 6.45) is 0.00632. The average molecular weight is 257 g/mol. The van der Waals surface area contributed by atoms with Crippen LogP contribution in [0.2, 0.25) is 5.02 Å². The van der Waals surface area contributed by atoms with Gasteiger partial charge in [0.2, 0.25) is 0 Å². The molecule has 0 aromatic heterocycles. The van der Waals surface area contributed by atoms with Crippen molar-refractivity contribution >= 4 is 11.6 Å². The number of hydrogen-bond donors (Lipinski definition) is 1. The smallest absolute Gasteiger partial charge is 0.0859 e. The fraction of sp³-hybridized carbons (Fsp3) is 0.571. The maximum Gasteiger partial charge on any atom is 0.0859 e.